The summed E-state index contributed by atoms with van der Waals surface area (Å²) in [6, 6.07) is 4.12. The van der Waals surface area contributed by atoms with Gasteiger partial charge in [-0.3, -0.25) is 0 Å². The van der Waals surface area contributed by atoms with E-state index in [9.17, 15) is 0 Å². The van der Waals surface area contributed by atoms with E-state index in [0.29, 0.717) is 11.4 Å². The van der Waals surface area contributed by atoms with E-state index >= 15 is 0 Å². The van der Waals surface area contributed by atoms with Crippen molar-refractivity contribution in [1.29, 1.82) is 5.26 Å². The minimum atomic E-state index is 0.625. The molecule has 0 aliphatic heterocycles. The molecule has 2 heterocycles. The third-order valence-electron chi connectivity index (χ3n) is 2.57. The van der Waals surface area contributed by atoms with Crippen LogP contribution in [0.15, 0.2) is 17.6 Å². The standard InChI is InChI=1S/C13H14N4S/c1-9-7-10(2)17-13(11(9)8-14)16-4-3-12-15-5-6-18-12/h5-7H,3-4H2,1-2H3,(H,16,17). The Morgan fingerprint density at radius 1 is 1.44 bits per heavy atom. The summed E-state index contributed by atoms with van der Waals surface area (Å²) < 4.78 is 0. The molecule has 1 N–H and O–H groups in total. The summed E-state index contributed by atoms with van der Waals surface area (Å²) in [7, 11) is 0. The van der Waals surface area contributed by atoms with Crippen LogP contribution >= 0.6 is 11.3 Å². The molecule has 0 saturated heterocycles. The summed E-state index contributed by atoms with van der Waals surface area (Å²) in [5.41, 5.74) is 2.50. The molecular formula is C13H14N4S. The lowest BCUT2D eigenvalue weighted by molar-refractivity contribution is 0.980. The maximum atomic E-state index is 9.13. The number of hydrogen-bond donors (Lipinski definition) is 1. The number of thiazole rings is 1. The zero-order valence-electron chi connectivity index (χ0n) is 10.4. The maximum absolute atomic E-state index is 9.13. The highest BCUT2D eigenvalue weighted by Crippen LogP contribution is 2.17. The third-order valence-corrected chi connectivity index (χ3v) is 3.41. The number of aryl methyl sites for hydroxylation is 2. The molecule has 0 saturated carbocycles. The van der Waals surface area contributed by atoms with E-state index in [2.05, 4.69) is 21.4 Å². The lowest BCUT2D eigenvalue weighted by Crippen LogP contribution is -2.09. The number of anilines is 1. The van der Waals surface area contributed by atoms with Gasteiger partial charge in [0.1, 0.15) is 11.9 Å². The fourth-order valence-corrected chi connectivity index (χ4v) is 2.39. The van der Waals surface area contributed by atoms with Gasteiger partial charge >= 0.3 is 0 Å². The van der Waals surface area contributed by atoms with Crippen molar-refractivity contribution in [2.75, 3.05) is 11.9 Å². The van der Waals surface area contributed by atoms with Gasteiger partial charge in [-0.25, -0.2) is 9.97 Å². The first-order valence-electron chi connectivity index (χ1n) is 5.71. The molecule has 0 fully saturated rings. The molecule has 2 aromatic rings. The first-order valence-corrected chi connectivity index (χ1v) is 6.59. The van der Waals surface area contributed by atoms with Crippen LogP contribution in [0.5, 0.6) is 0 Å². The van der Waals surface area contributed by atoms with Crippen molar-refractivity contribution in [2.45, 2.75) is 20.3 Å². The maximum Gasteiger partial charge on any atom is 0.144 e. The number of nitrogens with zero attached hydrogens (tertiary/aromatic N) is 3. The van der Waals surface area contributed by atoms with Gasteiger partial charge in [-0.05, 0) is 25.5 Å². The lowest BCUT2D eigenvalue weighted by Gasteiger charge is -2.09. The van der Waals surface area contributed by atoms with E-state index in [0.717, 1.165) is 29.2 Å². The average molecular weight is 258 g/mol. The summed E-state index contributed by atoms with van der Waals surface area (Å²) in [5.74, 6) is 0.673. The Hall–Kier alpha value is -1.93. The van der Waals surface area contributed by atoms with E-state index in [1.54, 1.807) is 17.5 Å². The summed E-state index contributed by atoms with van der Waals surface area (Å²) in [6.07, 6.45) is 2.65. The topological polar surface area (TPSA) is 61.6 Å². The quantitative estimate of drug-likeness (QED) is 0.916. The molecule has 0 amide bonds. The second kappa shape index (κ2) is 5.61. The molecule has 92 valence electrons. The van der Waals surface area contributed by atoms with Crippen LogP contribution in [0.4, 0.5) is 5.82 Å². The van der Waals surface area contributed by atoms with Gasteiger partial charge < -0.3 is 5.32 Å². The minimum Gasteiger partial charge on any atom is -0.369 e. The number of nitrogens with one attached hydrogen (secondary N) is 1. The highest BCUT2D eigenvalue weighted by molar-refractivity contribution is 7.09. The van der Waals surface area contributed by atoms with Crippen LogP contribution in [0.1, 0.15) is 21.8 Å². The number of aromatic nitrogens is 2. The van der Waals surface area contributed by atoms with Gasteiger partial charge in [-0.15, -0.1) is 11.3 Å². The molecule has 4 nitrogen and oxygen atoms in total. The largest absolute Gasteiger partial charge is 0.369 e. The summed E-state index contributed by atoms with van der Waals surface area (Å²) in [5, 5.41) is 15.4. The molecule has 2 aromatic heterocycles. The molecular weight excluding hydrogens is 244 g/mol. The fourth-order valence-electron chi connectivity index (χ4n) is 1.77. The van der Waals surface area contributed by atoms with Crippen LogP contribution in [-0.2, 0) is 6.42 Å². The normalized spacial score (nSPS) is 10.1. The first-order chi connectivity index (χ1) is 8.70. The molecule has 0 aliphatic rings. The highest BCUT2D eigenvalue weighted by Gasteiger charge is 2.07. The number of pyridine rings is 1. The predicted octanol–water partition coefficient (Wildman–Crippen LogP) is 2.68. The van der Waals surface area contributed by atoms with Crippen molar-refractivity contribution >= 4 is 17.2 Å². The van der Waals surface area contributed by atoms with Crippen molar-refractivity contribution in [2.24, 2.45) is 0 Å². The van der Waals surface area contributed by atoms with Gasteiger partial charge in [0.15, 0.2) is 0 Å². The van der Waals surface area contributed by atoms with E-state index in [1.807, 2.05) is 25.3 Å². The SMILES string of the molecule is Cc1cc(C)c(C#N)c(NCCc2nccs2)n1. The molecule has 5 heteroatoms. The van der Waals surface area contributed by atoms with Crippen LogP contribution in [0.3, 0.4) is 0 Å². The van der Waals surface area contributed by atoms with E-state index in [1.165, 1.54) is 0 Å². The Morgan fingerprint density at radius 3 is 2.94 bits per heavy atom. The Bertz CT molecular complexity index is 569. The van der Waals surface area contributed by atoms with Crippen molar-refractivity contribution < 1.29 is 0 Å². The van der Waals surface area contributed by atoms with Gasteiger partial charge in [0.2, 0.25) is 0 Å². The predicted molar refractivity (Wildman–Crippen MR) is 72.7 cm³/mol. The summed E-state index contributed by atoms with van der Waals surface area (Å²) >= 11 is 1.64. The molecule has 0 radical (unpaired) electrons. The van der Waals surface area contributed by atoms with E-state index in [-0.39, 0.29) is 0 Å². The summed E-state index contributed by atoms with van der Waals surface area (Å²) in [4.78, 5) is 8.59. The molecule has 18 heavy (non-hydrogen) atoms. The molecule has 0 aliphatic carbocycles. The van der Waals surface area contributed by atoms with Gasteiger partial charge in [0.05, 0.1) is 10.6 Å². The summed E-state index contributed by atoms with van der Waals surface area (Å²) in [6.45, 7) is 4.59. The van der Waals surface area contributed by atoms with Gasteiger partial charge in [-0.2, -0.15) is 5.26 Å². The number of rotatable bonds is 4. The highest BCUT2D eigenvalue weighted by atomic mass is 32.1. The Balaban J connectivity index is 2.07. The van der Waals surface area contributed by atoms with Crippen molar-refractivity contribution in [1.82, 2.24) is 9.97 Å². The Morgan fingerprint density at radius 2 is 2.28 bits per heavy atom. The average Bonchev–Trinajstić information content (AvgIpc) is 2.81. The van der Waals surface area contributed by atoms with Crippen molar-refractivity contribution in [3.05, 3.63) is 39.5 Å². The van der Waals surface area contributed by atoms with E-state index in [4.69, 9.17) is 5.26 Å². The smallest absolute Gasteiger partial charge is 0.144 e. The van der Waals surface area contributed by atoms with Gasteiger partial charge in [0, 0.05) is 30.2 Å². The molecule has 0 spiro atoms. The zero-order valence-corrected chi connectivity index (χ0v) is 11.2. The van der Waals surface area contributed by atoms with Crippen LogP contribution in [-0.4, -0.2) is 16.5 Å². The number of hydrogen-bond acceptors (Lipinski definition) is 5. The monoisotopic (exact) mass is 258 g/mol. The van der Waals surface area contributed by atoms with Crippen LogP contribution in [0.25, 0.3) is 0 Å². The zero-order chi connectivity index (χ0) is 13.0. The van der Waals surface area contributed by atoms with Crippen molar-refractivity contribution in [3.8, 4) is 6.07 Å². The number of nitriles is 1. The van der Waals surface area contributed by atoms with Gasteiger partial charge in [0.25, 0.3) is 0 Å². The molecule has 0 unspecified atom stereocenters. The lowest BCUT2D eigenvalue weighted by atomic mass is 10.1. The first kappa shape index (κ1) is 12.5. The second-order valence-electron chi connectivity index (χ2n) is 4.02. The Kier molecular flexibility index (Phi) is 3.90. The molecule has 0 bridgehead atoms. The van der Waals surface area contributed by atoms with E-state index < -0.39 is 0 Å². The van der Waals surface area contributed by atoms with Crippen LogP contribution < -0.4 is 5.32 Å². The van der Waals surface area contributed by atoms with Crippen LogP contribution in [0, 0.1) is 25.2 Å². The molecule has 2 rings (SSSR count). The third kappa shape index (κ3) is 2.84. The van der Waals surface area contributed by atoms with Crippen LogP contribution in [0.2, 0.25) is 0 Å². The fraction of sp³-hybridized carbons (Fsp3) is 0.308. The molecule has 0 aromatic carbocycles. The second-order valence-corrected chi connectivity index (χ2v) is 5.00. The van der Waals surface area contributed by atoms with Gasteiger partial charge in [-0.1, -0.05) is 0 Å². The van der Waals surface area contributed by atoms with Crippen molar-refractivity contribution in [3.63, 3.8) is 0 Å². The Labute approximate surface area is 110 Å². The molecule has 0 atom stereocenters. The minimum absolute atomic E-state index is 0.625.